The molecule has 2 heterocycles. The molecule has 0 radical (unpaired) electrons. The molecular formula is C17H19N3. The quantitative estimate of drug-likeness (QED) is 0.709. The summed E-state index contributed by atoms with van der Waals surface area (Å²) in [6.45, 7) is 5.42. The first-order chi connectivity index (χ1) is 9.74. The minimum absolute atomic E-state index is 0.680. The van der Waals surface area contributed by atoms with E-state index in [4.69, 9.17) is 0 Å². The van der Waals surface area contributed by atoms with Crippen molar-refractivity contribution in [1.29, 1.82) is 0 Å². The second kappa shape index (κ2) is 5.45. The minimum atomic E-state index is 0.680. The number of benzene rings is 1. The van der Waals surface area contributed by atoms with Crippen LogP contribution in [0.1, 0.15) is 20.3 Å². The SMILES string of the molecule is CC(C)CCn1ncc2ncc(-c3ccccc3)cc21. The minimum Gasteiger partial charge on any atom is -0.263 e. The van der Waals surface area contributed by atoms with E-state index in [1.807, 2.05) is 18.5 Å². The summed E-state index contributed by atoms with van der Waals surface area (Å²) in [6.07, 6.45) is 4.91. The van der Waals surface area contributed by atoms with Gasteiger partial charge in [0.2, 0.25) is 0 Å². The van der Waals surface area contributed by atoms with Gasteiger partial charge in [0.15, 0.2) is 0 Å². The van der Waals surface area contributed by atoms with Crippen LogP contribution in [0.5, 0.6) is 0 Å². The molecule has 0 aliphatic carbocycles. The van der Waals surface area contributed by atoms with E-state index in [2.05, 4.69) is 58.9 Å². The lowest BCUT2D eigenvalue weighted by Gasteiger charge is -2.07. The Bertz CT molecular complexity index is 699. The first-order valence-electron chi connectivity index (χ1n) is 7.11. The molecule has 102 valence electrons. The monoisotopic (exact) mass is 265 g/mol. The first kappa shape index (κ1) is 12.9. The van der Waals surface area contributed by atoms with Crippen LogP contribution in [0.25, 0.3) is 22.2 Å². The largest absolute Gasteiger partial charge is 0.263 e. The fourth-order valence-electron chi connectivity index (χ4n) is 2.30. The number of hydrogen-bond acceptors (Lipinski definition) is 2. The van der Waals surface area contributed by atoms with Gasteiger partial charge in [0.25, 0.3) is 0 Å². The summed E-state index contributed by atoms with van der Waals surface area (Å²) in [5, 5.41) is 4.46. The molecule has 0 atom stereocenters. The van der Waals surface area contributed by atoms with Crippen LogP contribution >= 0.6 is 0 Å². The van der Waals surface area contributed by atoms with E-state index in [0.29, 0.717) is 5.92 Å². The molecule has 0 saturated heterocycles. The molecule has 0 bridgehead atoms. The normalized spacial score (nSPS) is 11.3. The third kappa shape index (κ3) is 2.57. The Hall–Kier alpha value is -2.16. The zero-order valence-electron chi connectivity index (χ0n) is 12.0. The second-order valence-electron chi connectivity index (χ2n) is 5.54. The summed E-state index contributed by atoms with van der Waals surface area (Å²) in [7, 11) is 0. The van der Waals surface area contributed by atoms with Crippen LogP contribution in [-0.2, 0) is 6.54 Å². The molecule has 3 heteroatoms. The van der Waals surface area contributed by atoms with Crippen LogP contribution in [0.15, 0.2) is 48.8 Å². The van der Waals surface area contributed by atoms with Crippen molar-refractivity contribution in [3.63, 3.8) is 0 Å². The average Bonchev–Trinajstić information content (AvgIpc) is 2.88. The van der Waals surface area contributed by atoms with Gasteiger partial charge in [-0.1, -0.05) is 44.2 Å². The maximum atomic E-state index is 4.52. The number of fused-ring (bicyclic) bond motifs is 1. The Morgan fingerprint density at radius 3 is 2.60 bits per heavy atom. The van der Waals surface area contributed by atoms with Gasteiger partial charge < -0.3 is 0 Å². The average molecular weight is 265 g/mol. The molecule has 3 aromatic rings. The third-order valence-corrected chi connectivity index (χ3v) is 3.52. The second-order valence-corrected chi connectivity index (χ2v) is 5.54. The van der Waals surface area contributed by atoms with Crippen molar-refractivity contribution in [1.82, 2.24) is 14.8 Å². The van der Waals surface area contributed by atoms with E-state index in [0.717, 1.165) is 29.6 Å². The fraction of sp³-hybridized carbons (Fsp3) is 0.294. The summed E-state index contributed by atoms with van der Waals surface area (Å²) in [6, 6.07) is 12.5. The van der Waals surface area contributed by atoms with Gasteiger partial charge >= 0.3 is 0 Å². The van der Waals surface area contributed by atoms with Crippen molar-refractivity contribution in [2.75, 3.05) is 0 Å². The molecule has 3 rings (SSSR count). The molecule has 0 spiro atoms. The van der Waals surface area contributed by atoms with Gasteiger partial charge in [-0.15, -0.1) is 0 Å². The molecule has 0 N–H and O–H groups in total. The zero-order valence-corrected chi connectivity index (χ0v) is 12.0. The summed E-state index contributed by atoms with van der Waals surface area (Å²) in [4.78, 5) is 4.52. The summed E-state index contributed by atoms with van der Waals surface area (Å²) in [5.41, 5.74) is 4.42. The number of pyridine rings is 1. The van der Waals surface area contributed by atoms with Crippen LogP contribution in [0, 0.1) is 5.92 Å². The predicted molar refractivity (Wildman–Crippen MR) is 82.4 cm³/mol. The van der Waals surface area contributed by atoms with E-state index in [1.54, 1.807) is 0 Å². The molecule has 0 unspecified atom stereocenters. The Morgan fingerprint density at radius 2 is 1.85 bits per heavy atom. The number of hydrogen-bond donors (Lipinski definition) is 0. The molecular weight excluding hydrogens is 246 g/mol. The first-order valence-corrected chi connectivity index (χ1v) is 7.11. The van der Waals surface area contributed by atoms with E-state index in [1.165, 1.54) is 5.56 Å². The van der Waals surface area contributed by atoms with Crippen molar-refractivity contribution in [2.45, 2.75) is 26.8 Å². The standard InChI is InChI=1S/C17H19N3/c1-13(2)8-9-20-17-10-15(11-18-16(17)12-19-20)14-6-4-3-5-7-14/h3-7,10-13H,8-9H2,1-2H3. The summed E-state index contributed by atoms with van der Waals surface area (Å²) in [5.74, 6) is 0.680. The van der Waals surface area contributed by atoms with Gasteiger partial charge in [0.05, 0.1) is 11.7 Å². The highest BCUT2D eigenvalue weighted by Gasteiger charge is 2.07. The zero-order chi connectivity index (χ0) is 13.9. The lowest BCUT2D eigenvalue weighted by Crippen LogP contribution is -2.03. The Balaban J connectivity index is 1.99. The molecule has 0 aliphatic rings. The molecule has 20 heavy (non-hydrogen) atoms. The van der Waals surface area contributed by atoms with E-state index >= 15 is 0 Å². The van der Waals surface area contributed by atoms with Crippen LogP contribution in [-0.4, -0.2) is 14.8 Å². The fourth-order valence-corrected chi connectivity index (χ4v) is 2.30. The van der Waals surface area contributed by atoms with Crippen molar-refractivity contribution in [3.8, 4) is 11.1 Å². The van der Waals surface area contributed by atoms with Crippen LogP contribution in [0.3, 0.4) is 0 Å². The van der Waals surface area contributed by atoms with Gasteiger partial charge in [0.1, 0.15) is 5.52 Å². The lowest BCUT2D eigenvalue weighted by atomic mass is 10.1. The van der Waals surface area contributed by atoms with Crippen molar-refractivity contribution < 1.29 is 0 Å². The van der Waals surface area contributed by atoms with Crippen molar-refractivity contribution >= 4 is 11.0 Å². The van der Waals surface area contributed by atoms with E-state index < -0.39 is 0 Å². The van der Waals surface area contributed by atoms with Crippen molar-refractivity contribution in [3.05, 3.63) is 48.8 Å². The number of nitrogens with zero attached hydrogens (tertiary/aromatic N) is 3. The van der Waals surface area contributed by atoms with E-state index in [-0.39, 0.29) is 0 Å². The smallest absolute Gasteiger partial charge is 0.108 e. The van der Waals surface area contributed by atoms with Gasteiger partial charge in [-0.2, -0.15) is 5.10 Å². The molecule has 0 fully saturated rings. The highest BCUT2D eigenvalue weighted by atomic mass is 15.3. The maximum Gasteiger partial charge on any atom is 0.108 e. The number of aryl methyl sites for hydroxylation is 1. The summed E-state index contributed by atoms with van der Waals surface area (Å²) >= 11 is 0. The Morgan fingerprint density at radius 1 is 1.05 bits per heavy atom. The lowest BCUT2D eigenvalue weighted by molar-refractivity contribution is 0.496. The highest BCUT2D eigenvalue weighted by molar-refractivity contribution is 5.80. The molecule has 0 saturated carbocycles. The Labute approximate surface area is 119 Å². The molecule has 3 nitrogen and oxygen atoms in total. The van der Waals surface area contributed by atoms with E-state index in [9.17, 15) is 0 Å². The van der Waals surface area contributed by atoms with Crippen LogP contribution < -0.4 is 0 Å². The number of aromatic nitrogens is 3. The Kier molecular flexibility index (Phi) is 3.50. The molecule has 0 aliphatic heterocycles. The number of rotatable bonds is 4. The molecule has 0 amide bonds. The summed E-state index contributed by atoms with van der Waals surface area (Å²) < 4.78 is 2.06. The highest BCUT2D eigenvalue weighted by Crippen LogP contribution is 2.22. The van der Waals surface area contributed by atoms with Gasteiger partial charge in [-0.3, -0.25) is 9.67 Å². The van der Waals surface area contributed by atoms with Gasteiger partial charge in [-0.05, 0) is 24.0 Å². The molecule has 1 aromatic carbocycles. The van der Waals surface area contributed by atoms with Gasteiger partial charge in [0, 0.05) is 18.3 Å². The maximum absolute atomic E-state index is 4.52. The van der Waals surface area contributed by atoms with Crippen molar-refractivity contribution in [2.24, 2.45) is 5.92 Å². The predicted octanol–water partition coefficient (Wildman–Crippen LogP) is 4.14. The van der Waals surface area contributed by atoms with Gasteiger partial charge in [-0.25, -0.2) is 0 Å². The topological polar surface area (TPSA) is 30.7 Å². The third-order valence-electron chi connectivity index (χ3n) is 3.52. The van der Waals surface area contributed by atoms with Crippen LogP contribution in [0.2, 0.25) is 0 Å². The molecule has 2 aromatic heterocycles. The van der Waals surface area contributed by atoms with Crippen LogP contribution in [0.4, 0.5) is 0 Å².